The number of fused-ring (bicyclic) bond motifs is 1. The SMILES string of the molecule is Cc1ccccc1Cn1cc(CN2CCCC2)c2ccc(NC(=O)NC(Cc3ccc([N+](=O)[O-])cc3)C(=O)NC(CCCN=C(N)N)C(=O)NCc3ccccc3)cc21. The minimum Gasteiger partial charge on any atom is -0.370 e. The molecular formula is C44H52N10O5. The van der Waals surface area contributed by atoms with E-state index < -0.39 is 34.9 Å². The Balaban J connectivity index is 1.22. The normalized spacial score (nSPS) is 13.6. The molecule has 15 nitrogen and oxygen atoms in total. The van der Waals surface area contributed by atoms with Gasteiger partial charge >= 0.3 is 6.03 Å². The maximum Gasteiger partial charge on any atom is 0.319 e. The van der Waals surface area contributed by atoms with Crippen LogP contribution in [0.25, 0.3) is 10.9 Å². The molecule has 2 atom stereocenters. The Bertz CT molecular complexity index is 2270. The van der Waals surface area contributed by atoms with Crippen molar-refractivity contribution in [1.29, 1.82) is 0 Å². The van der Waals surface area contributed by atoms with Crippen LogP contribution in [0.4, 0.5) is 16.2 Å². The number of nitrogens with two attached hydrogens (primary N) is 2. The summed E-state index contributed by atoms with van der Waals surface area (Å²) in [5, 5.41) is 23.9. The van der Waals surface area contributed by atoms with Crippen molar-refractivity contribution in [2.75, 3.05) is 25.0 Å². The molecule has 0 bridgehead atoms. The van der Waals surface area contributed by atoms with Crippen LogP contribution in [-0.4, -0.2) is 69.9 Å². The van der Waals surface area contributed by atoms with Gasteiger partial charge in [-0.3, -0.25) is 29.6 Å². The van der Waals surface area contributed by atoms with Gasteiger partial charge in [0.2, 0.25) is 11.8 Å². The van der Waals surface area contributed by atoms with Crippen LogP contribution in [0.3, 0.4) is 0 Å². The Kier molecular flexibility index (Phi) is 14.3. The Hall–Kier alpha value is -6.74. The topological polar surface area (TPSA) is 215 Å². The molecule has 1 aliphatic rings. The lowest BCUT2D eigenvalue weighted by Gasteiger charge is -2.23. The van der Waals surface area contributed by atoms with Crippen LogP contribution in [0, 0.1) is 17.0 Å². The van der Waals surface area contributed by atoms with Gasteiger partial charge in [0.1, 0.15) is 12.1 Å². The molecule has 0 spiro atoms. The lowest BCUT2D eigenvalue weighted by Crippen LogP contribution is -2.55. The fraction of sp³-hybridized carbons (Fsp3) is 0.318. The fourth-order valence-corrected chi connectivity index (χ4v) is 7.33. The third-order valence-electron chi connectivity index (χ3n) is 10.5. The van der Waals surface area contributed by atoms with Crippen molar-refractivity contribution in [3.05, 3.63) is 141 Å². The molecule has 4 amide bonds. The Morgan fingerprint density at radius 2 is 1.56 bits per heavy atom. The van der Waals surface area contributed by atoms with E-state index in [1.807, 2.05) is 60.7 Å². The van der Waals surface area contributed by atoms with E-state index in [2.05, 4.69) is 61.0 Å². The minimum atomic E-state index is -1.17. The summed E-state index contributed by atoms with van der Waals surface area (Å²) >= 11 is 0. The maximum absolute atomic E-state index is 14.1. The lowest BCUT2D eigenvalue weighted by atomic mass is 10.0. The number of hydrogen-bond donors (Lipinski definition) is 6. The van der Waals surface area contributed by atoms with Gasteiger partial charge in [0.25, 0.3) is 5.69 Å². The molecule has 1 saturated heterocycles. The number of aromatic nitrogens is 1. The smallest absolute Gasteiger partial charge is 0.319 e. The quantitative estimate of drug-likeness (QED) is 0.0230. The van der Waals surface area contributed by atoms with E-state index >= 15 is 0 Å². The molecule has 1 aromatic heterocycles. The second-order valence-corrected chi connectivity index (χ2v) is 14.9. The number of carbonyl (C=O) groups excluding carboxylic acids is 3. The van der Waals surface area contributed by atoms with E-state index in [4.69, 9.17) is 11.5 Å². The first kappa shape index (κ1) is 41.9. The maximum atomic E-state index is 14.1. The predicted octanol–water partition coefficient (Wildman–Crippen LogP) is 5.09. The van der Waals surface area contributed by atoms with E-state index in [1.165, 1.54) is 53.8 Å². The minimum absolute atomic E-state index is 0.0121. The van der Waals surface area contributed by atoms with Crippen molar-refractivity contribution < 1.29 is 19.3 Å². The number of nitro benzene ring substituents is 1. The number of guanidine groups is 1. The van der Waals surface area contributed by atoms with Gasteiger partial charge in [0.05, 0.1) is 10.4 Å². The standard InChI is InChI=1S/C44H52N10O5/c1-30-10-5-6-13-33(30)28-53-29-34(27-52-22-7-8-23-52)37-20-17-35(25-40(37)53)49-44(57)51-39(24-31-15-18-36(19-16-31)54(58)59)42(56)50-38(14-9-21-47-43(45)46)41(55)48-26-32-11-3-2-4-12-32/h2-6,10-13,15-20,25,29,38-39H,7-9,14,21-24,26-28H2,1H3,(H,48,55)(H,50,56)(H4,45,46,47)(H2,49,51,57). The van der Waals surface area contributed by atoms with E-state index in [0.29, 0.717) is 24.2 Å². The molecule has 1 aliphatic heterocycles. The highest BCUT2D eigenvalue weighted by molar-refractivity contribution is 5.97. The molecule has 59 heavy (non-hydrogen) atoms. The number of urea groups is 1. The Morgan fingerprint density at radius 3 is 2.27 bits per heavy atom. The summed E-state index contributed by atoms with van der Waals surface area (Å²) in [6, 6.07) is 26.4. The monoisotopic (exact) mass is 800 g/mol. The van der Waals surface area contributed by atoms with Crippen molar-refractivity contribution in [1.82, 2.24) is 25.4 Å². The number of benzene rings is 4. The lowest BCUT2D eigenvalue weighted by molar-refractivity contribution is -0.384. The molecule has 0 aliphatic carbocycles. The van der Waals surface area contributed by atoms with Gasteiger partial charge in [0.15, 0.2) is 5.96 Å². The molecule has 8 N–H and O–H groups in total. The summed E-state index contributed by atoms with van der Waals surface area (Å²) in [5.74, 6) is -1.12. The number of likely N-dealkylation sites (tertiary alicyclic amines) is 1. The summed E-state index contributed by atoms with van der Waals surface area (Å²) < 4.78 is 2.22. The van der Waals surface area contributed by atoms with Gasteiger partial charge in [-0.1, -0.05) is 72.8 Å². The molecule has 5 aromatic rings. The van der Waals surface area contributed by atoms with Crippen molar-refractivity contribution >= 4 is 46.1 Å². The van der Waals surface area contributed by atoms with Crippen LogP contribution in [0.2, 0.25) is 0 Å². The van der Waals surface area contributed by atoms with E-state index in [0.717, 1.165) is 36.1 Å². The number of amides is 4. The van der Waals surface area contributed by atoms with Gasteiger partial charge in [-0.25, -0.2) is 4.79 Å². The molecule has 2 unspecified atom stereocenters. The number of aliphatic imine (C=N–C) groups is 1. The van der Waals surface area contributed by atoms with E-state index in [1.54, 1.807) is 0 Å². The zero-order valence-electron chi connectivity index (χ0n) is 33.2. The van der Waals surface area contributed by atoms with E-state index in [9.17, 15) is 24.5 Å². The van der Waals surface area contributed by atoms with Crippen molar-refractivity contribution in [2.24, 2.45) is 16.5 Å². The number of nitrogens with zero attached hydrogens (tertiary/aromatic N) is 4. The zero-order chi connectivity index (χ0) is 41.7. The third kappa shape index (κ3) is 11.9. The average molecular weight is 801 g/mol. The first-order valence-electron chi connectivity index (χ1n) is 19.9. The van der Waals surface area contributed by atoms with Crippen LogP contribution in [0.1, 0.15) is 53.5 Å². The molecule has 4 aromatic carbocycles. The molecule has 308 valence electrons. The summed E-state index contributed by atoms with van der Waals surface area (Å²) in [4.78, 5) is 58.7. The number of rotatable bonds is 18. The summed E-state index contributed by atoms with van der Waals surface area (Å²) in [6.07, 6.45) is 5.17. The number of hydrogen-bond acceptors (Lipinski definition) is 7. The van der Waals surface area contributed by atoms with Gasteiger partial charge in [-0.05, 0) is 85.6 Å². The average Bonchev–Trinajstić information content (AvgIpc) is 3.86. The third-order valence-corrected chi connectivity index (χ3v) is 10.5. The van der Waals surface area contributed by atoms with E-state index in [-0.39, 0.29) is 37.6 Å². The predicted molar refractivity (Wildman–Crippen MR) is 230 cm³/mol. The molecule has 0 saturated carbocycles. The summed E-state index contributed by atoms with van der Waals surface area (Å²) in [7, 11) is 0. The molecule has 2 heterocycles. The van der Waals surface area contributed by atoms with Gasteiger partial charge in [0, 0.05) is 62.0 Å². The number of nitro groups is 1. The number of carbonyl (C=O) groups is 3. The second kappa shape index (κ2) is 20.1. The van der Waals surface area contributed by atoms with Crippen molar-refractivity contribution in [2.45, 2.75) is 70.7 Å². The molecule has 0 radical (unpaired) electrons. The second-order valence-electron chi connectivity index (χ2n) is 14.9. The number of non-ortho nitro benzene ring substituents is 1. The van der Waals surface area contributed by atoms with Crippen LogP contribution in [0.15, 0.2) is 108 Å². The van der Waals surface area contributed by atoms with Gasteiger partial charge < -0.3 is 37.3 Å². The zero-order valence-corrected chi connectivity index (χ0v) is 33.2. The van der Waals surface area contributed by atoms with Crippen LogP contribution in [-0.2, 0) is 35.6 Å². The Labute approximate surface area is 343 Å². The highest BCUT2D eigenvalue weighted by Gasteiger charge is 2.28. The summed E-state index contributed by atoms with van der Waals surface area (Å²) in [6.45, 7) is 6.20. The fourth-order valence-electron chi connectivity index (χ4n) is 7.33. The van der Waals surface area contributed by atoms with Gasteiger partial charge in [-0.2, -0.15) is 0 Å². The molecular weight excluding hydrogens is 749 g/mol. The molecule has 15 heteroatoms. The summed E-state index contributed by atoms with van der Waals surface area (Å²) in [5.41, 5.74) is 17.4. The van der Waals surface area contributed by atoms with Gasteiger partial charge in [-0.15, -0.1) is 0 Å². The first-order chi connectivity index (χ1) is 28.5. The van der Waals surface area contributed by atoms with Crippen LogP contribution >= 0.6 is 0 Å². The highest BCUT2D eigenvalue weighted by Crippen LogP contribution is 2.28. The first-order valence-corrected chi connectivity index (χ1v) is 19.9. The Morgan fingerprint density at radius 1 is 0.831 bits per heavy atom. The molecule has 1 fully saturated rings. The number of anilines is 1. The largest absolute Gasteiger partial charge is 0.370 e. The van der Waals surface area contributed by atoms with Crippen LogP contribution in [0.5, 0.6) is 0 Å². The van der Waals surface area contributed by atoms with Crippen molar-refractivity contribution in [3.63, 3.8) is 0 Å². The van der Waals surface area contributed by atoms with Crippen LogP contribution < -0.4 is 32.7 Å². The van der Waals surface area contributed by atoms with Crippen molar-refractivity contribution in [3.8, 4) is 0 Å². The number of nitrogens with one attached hydrogen (secondary N) is 4. The highest BCUT2D eigenvalue weighted by atomic mass is 16.6. The number of aryl methyl sites for hydroxylation is 1. The molecule has 6 rings (SSSR count).